The van der Waals surface area contributed by atoms with Gasteiger partial charge in [0.2, 0.25) is 0 Å². The van der Waals surface area contributed by atoms with E-state index in [0.717, 1.165) is 6.42 Å². The molecule has 0 aliphatic heterocycles. The molecule has 0 atom stereocenters. The van der Waals surface area contributed by atoms with Crippen LogP contribution in [0.5, 0.6) is 0 Å². The Morgan fingerprint density at radius 2 is 1.88 bits per heavy atom. The largest absolute Gasteiger partial charge is 0.138 e. The number of rotatable bonds is 2. The van der Waals surface area contributed by atoms with Gasteiger partial charge in [0.05, 0.1) is 0 Å². The van der Waals surface area contributed by atoms with E-state index in [0.29, 0.717) is 0 Å². The van der Waals surface area contributed by atoms with Gasteiger partial charge in [-0.1, -0.05) is 26.8 Å². The van der Waals surface area contributed by atoms with Crippen molar-refractivity contribution in [1.29, 1.82) is 0 Å². The quantitative estimate of drug-likeness (QED) is 0.555. The fourth-order valence-electron chi connectivity index (χ4n) is 0.192. The number of hydrogen-bond acceptors (Lipinski definition) is 1. The molecule has 0 aromatic heterocycles. The van der Waals surface area contributed by atoms with E-state index in [4.69, 9.17) is 0 Å². The van der Waals surface area contributed by atoms with Crippen molar-refractivity contribution in [2.75, 3.05) is 6.26 Å². The van der Waals surface area contributed by atoms with E-state index in [1.165, 1.54) is 0 Å². The van der Waals surface area contributed by atoms with Gasteiger partial charge in [0, 0.05) is 0 Å². The number of hydrogen-bond donors (Lipinski definition) is 0. The van der Waals surface area contributed by atoms with Crippen molar-refractivity contribution < 1.29 is 0 Å². The lowest BCUT2D eigenvalue weighted by molar-refractivity contribution is 1.23. The topological polar surface area (TPSA) is 0 Å². The average molecular weight is 132 g/mol. The van der Waals surface area contributed by atoms with Crippen molar-refractivity contribution >= 4 is 11.8 Å². The highest BCUT2D eigenvalue weighted by molar-refractivity contribution is 8.01. The summed E-state index contributed by atoms with van der Waals surface area (Å²) in [5.74, 6) is 0. The standard InChI is InChI=1S/C5H10S.C2H6/c1-3-4-5-6-2;1-2/h4-5H,3H2,1-2H3;1-2H3/b5-4-;. The molecule has 0 radical (unpaired) electrons. The maximum atomic E-state index is 2.14. The van der Waals surface area contributed by atoms with Crippen LogP contribution in [0, 0.1) is 0 Å². The lowest BCUT2D eigenvalue weighted by Crippen LogP contribution is -1.46. The van der Waals surface area contributed by atoms with E-state index >= 15 is 0 Å². The third-order valence-corrected chi connectivity index (χ3v) is 0.933. The van der Waals surface area contributed by atoms with Gasteiger partial charge in [-0.25, -0.2) is 0 Å². The summed E-state index contributed by atoms with van der Waals surface area (Å²) < 4.78 is 0. The van der Waals surface area contributed by atoms with Crippen LogP contribution in [0.25, 0.3) is 0 Å². The van der Waals surface area contributed by atoms with Crippen LogP contribution >= 0.6 is 11.8 Å². The molecule has 0 saturated heterocycles. The van der Waals surface area contributed by atoms with Gasteiger partial charge in [-0.3, -0.25) is 0 Å². The molecule has 0 aliphatic rings. The van der Waals surface area contributed by atoms with Crippen LogP contribution < -0.4 is 0 Å². The Morgan fingerprint density at radius 3 is 2.00 bits per heavy atom. The second-order valence-electron chi connectivity index (χ2n) is 1.02. The minimum absolute atomic E-state index is 1.15. The molecule has 0 aliphatic carbocycles. The van der Waals surface area contributed by atoms with Crippen molar-refractivity contribution in [1.82, 2.24) is 0 Å². The van der Waals surface area contributed by atoms with Crippen LogP contribution in [0.2, 0.25) is 0 Å². The van der Waals surface area contributed by atoms with Crippen molar-refractivity contribution in [3.05, 3.63) is 11.5 Å². The van der Waals surface area contributed by atoms with Gasteiger partial charge in [0.15, 0.2) is 0 Å². The predicted molar refractivity (Wildman–Crippen MR) is 44.3 cm³/mol. The molecule has 0 saturated carbocycles. The SMILES string of the molecule is CC.CC/C=C\SC. The van der Waals surface area contributed by atoms with Gasteiger partial charge in [-0.15, -0.1) is 11.8 Å². The van der Waals surface area contributed by atoms with Crippen LogP contribution in [-0.2, 0) is 0 Å². The molecule has 0 bridgehead atoms. The number of allylic oxidation sites excluding steroid dienone is 1. The summed E-state index contributed by atoms with van der Waals surface area (Å²) in [4.78, 5) is 0. The zero-order valence-corrected chi connectivity index (χ0v) is 7.09. The van der Waals surface area contributed by atoms with Gasteiger partial charge in [-0.2, -0.15) is 0 Å². The Labute approximate surface area is 57.4 Å². The Bertz CT molecular complexity index is 33.7. The zero-order valence-electron chi connectivity index (χ0n) is 6.27. The molecular formula is C7H16S. The molecule has 0 nitrogen and oxygen atoms in total. The molecule has 0 amide bonds. The van der Waals surface area contributed by atoms with Crippen molar-refractivity contribution in [3.8, 4) is 0 Å². The second kappa shape index (κ2) is 15.7. The highest BCUT2D eigenvalue weighted by Gasteiger charge is 1.59. The molecule has 0 heterocycles. The van der Waals surface area contributed by atoms with Crippen LogP contribution in [0.4, 0.5) is 0 Å². The van der Waals surface area contributed by atoms with E-state index in [9.17, 15) is 0 Å². The number of thioether (sulfide) groups is 1. The van der Waals surface area contributed by atoms with E-state index < -0.39 is 0 Å². The third kappa shape index (κ3) is 16.5. The molecule has 0 aromatic rings. The van der Waals surface area contributed by atoms with E-state index in [1.54, 1.807) is 11.8 Å². The van der Waals surface area contributed by atoms with E-state index in [1.807, 2.05) is 13.8 Å². The third-order valence-electron chi connectivity index (χ3n) is 0.468. The highest BCUT2D eigenvalue weighted by atomic mass is 32.2. The Kier molecular flexibility index (Phi) is 21.5. The molecule has 0 aromatic carbocycles. The minimum Gasteiger partial charge on any atom is -0.138 e. The Morgan fingerprint density at radius 1 is 1.38 bits per heavy atom. The molecule has 50 valence electrons. The first-order chi connectivity index (χ1) is 3.91. The summed E-state index contributed by atoms with van der Waals surface area (Å²) in [7, 11) is 0. The summed E-state index contributed by atoms with van der Waals surface area (Å²) >= 11 is 1.75. The first-order valence-corrected chi connectivity index (χ1v) is 4.38. The summed E-state index contributed by atoms with van der Waals surface area (Å²) in [5.41, 5.74) is 0. The van der Waals surface area contributed by atoms with Crippen LogP contribution in [0.15, 0.2) is 11.5 Å². The average Bonchev–Trinajstić information content (AvgIpc) is 1.88. The van der Waals surface area contributed by atoms with Crippen LogP contribution in [-0.4, -0.2) is 6.26 Å². The highest BCUT2D eigenvalue weighted by Crippen LogP contribution is 1.93. The molecule has 0 fully saturated rings. The Hall–Kier alpha value is 0.0900. The van der Waals surface area contributed by atoms with Crippen molar-refractivity contribution in [2.24, 2.45) is 0 Å². The predicted octanol–water partition coefficient (Wildman–Crippen LogP) is 3.30. The van der Waals surface area contributed by atoms with Crippen molar-refractivity contribution in [2.45, 2.75) is 27.2 Å². The van der Waals surface area contributed by atoms with E-state index in [-0.39, 0.29) is 0 Å². The lowest BCUT2D eigenvalue weighted by atomic mass is 10.5. The smallest absolute Gasteiger partial charge is 0.0142 e. The fourth-order valence-corrected chi connectivity index (χ4v) is 0.577. The summed E-state index contributed by atoms with van der Waals surface area (Å²) in [6, 6.07) is 0. The molecular weight excluding hydrogens is 116 g/mol. The Balaban J connectivity index is 0. The van der Waals surface area contributed by atoms with Gasteiger partial charge in [0.25, 0.3) is 0 Å². The first-order valence-electron chi connectivity index (χ1n) is 3.09. The second-order valence-corrected chi connectivity index (χ2v) is 1.76. The van der Waals surface area contributed by atoms with E-state index in [2.05, 4.69) is 24.7 Å². The fraction of sp³-hybridized carbons (Fsp3) is 0.714. The summed E-state index contributed by atoms with van der Waals surface area (Å²) in [6.45, 7) is 6.13. The van der Waals surface area contributed by atoms with Crippen LogP contribution in [0.3, 0.4) is 0 Å². The molecule has 0 unspecified atom stereocenters. The monoisotopic (exact) mass is 132 g/mol. The van der Waals surface area contributed by atoms with Gasteiger partial charge >= 0.3 is 0 Å². The molecule has 0 N–H and O–H groups in total. The van der Waals surface area contributed by atoms with Gasteiger partial charge < -0.3 is 0 Å². The molecule has 0 rings (SSSR count). The molecule has 1 heteroatoms. The van der Waals surface area contributed by atoms with Gasteiger partial charge in [0.1, 0.15) is 0 Å². The van der Waals surface area contributed by atoms with Crippen LogP contribution in [0.1, 0.15) is 27.2 Å². The first kappa shape index (κ1) is 11.0. The lowest BCUT2D eigenvalue weighted by Gasteiger charge is -1.72. The maximum absolute atomic E-state index is 2.14. The molecule has 8 heavy (non-hydrogen) atoms. The molecule has 0 spiro atoms. The van der Waals surface area contributed by atoms with Crippen molar-refractivity contribution in [3.63, 3.8) is 0 Å². The summed E-state index contributed by atoms with van der Waals surface area (Å²) in [6.07, 6.45) is 5.36. The normalized spacial score (nSPS) is 8.50. The van der Waals surface area contributed by atoms with Gasteiger partial charge in [-0.05, 0) is 18.1 Å². The summed E-state index contributed by atoms with van der Waals surface area (Å²) in [5, 5.41) is 2.10. The minimum atomic E-state index is 1.15. The maximum Gasteiger partial charge on any atom is -0.0142 e. The zero-order chi connectivity index (χ0) is 6.83.